The van der Waals surface area contributed by atoms with E-state index in [9.17, 15) is 19.5 Å². The van der Waals surface area contributed by atoms with Crippen LogP contribution in [0.15, 0.2) is 23.8 Å². The molecule has 5 rings (SSSR count). The number of aliphatic hydroxyl groups excluding tert-OH is 1. The summed E-state index contributed by atoms with van der Waals surface area (Å²) in [6, 6.07) is -0.756. The lowest BCUT2D eigenvalue weighted by Crippen LogP contribution is -2.73. The molecular formula is C28H39NO6. The van der Waals surface area contributed by atoms with Crippen molar-refractivity contribution in [2.45, 2.75) is 77.5 Å². The van der Waals surface area contributed by atoms with Crippen molar-refractivity contribution >= 4 is 17.5 Å². The summed E-state index contributed by atoms with van der Waals surface area (Å²) in [6.07, 6.45) is 8.58. The van der Waals surface area contributed by atoms with Gasteiger partial charge in [-0.3, -0.25) is 14.4 Å². The Morgan fingerprint density at radius 2 is 2.11 bits per heavy atom. The molecule has 1 heterocycles. The first-order valence-corrected chi connectivity index (χ1v) is 13.2. The van der Waals surface area contributed by atoms with Crippen molar-refractivity contribution in [3.63, 3.8) is 0 Å². The maximum Gasteiger partial charge on any atom is 0.323 e. The smallest absolute Gasteiger partial charge is 0.323 e. The van der Waals surface area contributed by atoms with Gasteiger partial charge in [-0.1, -0.05) is 45.8 Å². The van der Waals surface area contributed by atoms with E-state index in [0.717, 1.165) is 31.3 Å². The van der Waals surface area contributed by atoms with Crippen LogP contribution in [0.3, 0.4) is 0 Å². The van der Waals surface area contributed by atoms with Crippen molar-refractivity contribution in [2.75, 3.05) is 13.2 Å². The van der Waals surface area contributed by atoms with Gasteiger partial charge in [0.2, 0.25) is 5.78 Å². The molecule has 7 heteroatoms. The van der Waals surface area contributed by atoms with Crippen molar-refractivity contribution in [1.82, 2.24) is 0 Å². The van der Waals surface area contributed by atoms with Gasteiger partial charge in [0.15, 0.2) is 12.4 Å². The molecule has 10 atom stereocenters. The SMILES string of the molecule is CC[C@H](C)[C@H](N)C(=O)OCC(=O)[C@]12OC[C@@]13C[C@H](O)C1[C@@H](CCC4=CC(=O)C=C[C@@]41C)[C@@H]3C[C@H]2C. The van der Waals surface area contributed by atoms with E-state index < -0.39 is 29.1 Å². The van der Waals surface area contributed by atoms with Crippen molar-refractivity contribution in [2.24, 2.45) is 46.2 Å². The largest absolute Gasteiger partial charge is 0.456 e. The lowest BCUT2D eigenvalue weighted by Gasteiger charge is -2.65. The summed E-state index contributed by atoms with van der Waals surface area (Å²) in [5.74, 6) is -0.319. The van der Waals surface area contributed by atoms with Gasteiger partial charge in [-0.15, -0.1) is 0 Å². The predicted octanol–water partition coefficient (Wildman–Crippen LogP) is 2.75. The van der Waals surface area contributed by atoms with Gasteiger partial charge in [0.1, 0.15) is 11.6 Å². The number of fused-ring (bicyclic) bond motifs is 4. The number of carbonyl (C=O) groups excluding carboxylic acids is 3. The van der Waals surface area contributed by atoms with Gasteiger partial charge in [0, 0.05) is 16.7 Å². The number of esters is 1. The molecule has 3 N–H and O–H groups in total. The van der Waals surface area contributed by atoms with Crippen LogP contribution in [-0.4, -0.2) is 53.6 Å². The lowest BCUT2D eigenvalue weighted by atomic mass is 9.44. The molecule has 3 saturated carbocycles. The highest BCUT2D eigenvalue weighted by Gasteiger charge is 2.78. The van der Waals surface area contributed by atoms with Gasteiger partial charge in [-0.2, -0.15) is 0 Å². The van der Waals surface area contributed by atoms with Gasteiger partial charge < -0.3 is 20.3 Å². The van der Waals surface area contributed by atoms with Crippen LogP contribution in [-0.2, 0) is 23.9 Å². The van der Waals surface area contributed by atoms with Crippen LogP contribution in [0.1, 0.15) is 59.8 Å². The number of hydrogen-bond donors (Lipinski definition) is 2. The highest BCUT2D eigenvalue weighted by atomic mass is 16.6. The van der Waals surface area contributed by atoms with Gasteiger partial charge in [0.25, 0.3) is 0 Å². The predicted molar refractivity (Wildman–Crippen MR) is 129 cm³/mol. The second-order valence-electron chi connectivity index (χ2n) is 12.1. The summed E-state index contributed by atoms with van der Waals surface area (Å²) >= 11 is 0. The molecule has 0 amide bonds. The van der Waals surface area contributed by atoms with Gasteiger partial charge in [-0.05, 0) is 61.5 Å². The molecule has 0 aromatic carbocycles. The summed E-state index contributed by atoms with van der Waals surface area (Å²) in [6.45, 7) is 8.15. The number of carbonyl (C=O) groups is 3. The van der Waals surface area contributed by atoms with Crippen LogP contribution in [0.2, 0.25) is 0 Å². The van der Waals surface area contributed by atoms with Crippen LogP contribution in [0.5, 0.6) is 0 Å². The number of Topliss-reactive ketones (excluding diaryl/α,β-unsaturated/α-hetero) is 1. The summed E-state index contributed by atoms with van der Waals surface area (Å²) in [4.78, 5) is 38.1. The van der Waals surface area contributed by atoms with E-state index in [2.05, 4.69) is 13.8 Å². The van der Waals surface area contributed by atoms with Gasteiger partial charge in [-0.25, -0.2) is 0 Å². The second kappa shape index (κ2) is 8.35. The van der Waals surface area contributed by atoms with E-state index in [-0.39, 0.29) is 53.2 Å². The number of aliphatic hydroxyl groups is 1. The molecule has 0 aromatic heterocycles. The van der Waals surface area contributed by atoms with E-state index >= 15 is 0 Å². The van der Waals surface area contributed by atoms with Crippen molar-refractivity contribution in [3.05, 3.63) is 23.8 Å². The normalized spacial score (nSPS) is 45.1. The molecule has 192 valence electrons. The Balaban J connectivity index is 1.39. The summed E-state index contributed by atoms with van der Waals surface area (Å²) in [5.41, 5.74) is 5.30. The van der Waals surface area contributed by atoms with E-state index in [0.29, 0.717) is 13.0 Å². The number of ketones is 2. The molecule has 1 saturated heterocycles. The van der Waals surface area contributed by atoms with Crippen LogP contribution in [0.25, 0.3) is 0 Å². The summed E-state index contributed by atoms with van der Waals surface area (Å²) in [5, 5.41) is 11.6. The minimum Gasteiger partial charge on any atom is -0.456 e. The zero-order valence-corrected chi connectivity index (χ0v) is 21.3. The zero-order valence-electron chi connectivity index (χ0n) is 21.3. The van der Waals surface area contributed by atoms with Crippen molar-refractivity contribution in [3.8, 4) is 0 Å². The molecule has 1 unspecified atom stereocenters. The van der Waals surface area contributed by atoms with Crippen molar-refractivity contribution in [1.29, 1.82) is 0 Å². The Morgan fingerprint density at radius 1 is 1.37 bits per heavy atom. The Hall–Kier alpha value is -1.83. The van der Waals surface area contributed by atoms with Crippen LogP contribution in [0.4, 0.5) is 0 Å². The van der Waals surface area contributed by atoms with E-state index in [1.807, 2.05) is 19.9 Å². The average molecular weight is 486 g/mol. The molecular weight excluding hydrogens is 446 g/mol. The van der Waals surface area contributed by atoms with Crippen LogP contribution in [0, 0.1) is 40.4 Å². The van der Waals surface area contributed by atoms with E-state index in [4.69, 9.17) is 15.2 Å². The zero-order chi connectivity index (χ0) is 25.3. The first-order valence-electron chi connectivity index (χ1n) is 13.2. The minimum atomic E-state index is -1.03. The third kappa shape index (κ3) is 3.23. The monoisotopic (exact) mass is 485 g/mol. The standard InChI is InChI=1S/C28H39NO6/c1-5-15(2)24(29)25(33)34-13-22(32)28-16(3)10-20-19-7-6-17-11-18(30)8-9-26(17,4)23(19)21(31)12-27(20,28)14-35-28/h8-9,11,15-16,19-21,23-24,31H,5-7,10,12-14,29H2,1-4H3/t15-,16+,19-,20-,21-,23?,24-,26-,27+,28-/m0/s1. The Bertz CT molecular complexity index is 1000. The molecule has 1 spiro atoms. The molecule has 0 radical (unpaired) electrons. The maximum absolute atomic E-state index is 13.7. The molecule has 4 aliphatic carbocycles. The van der Waals surface area contributed by atoms with Crippen LogP contribution < -0.4 is 5.73 Å². The highest BCUT2D eigenvalue weighted by molar-refractivity contribution is 6.01. The highest BCUT2D eigenvalue weighted by Crippen LogP contribution is 2.72. The summed E-state index contributed by atoms with van der Waals surface area (Å²) < 4.78 is 11.6. The van der Waals surface area contributed by atoms with Gasteiger partial charge >= 0.3 is 5.97 Å². The Kier molecular flexibility index (Phi) is 5.93. The number of hydrogen-bond acceptors (Lipinski definition) is 7. The third-order valence-corrected chi connectivity index (χ3v) is 10.6. The van der Waals surface area contributed by atoms with Gasteiger partial charge in [0.05, 0.1) is 12.7 Å². The molecule has 7 nitrogen and oxygen atoms in total. The molecule has 35 heavy (non-hydrogen) atoms. The number of rotatable bonds is 6. The van der Waals surface area contributed by atoms with E-state index in [1.54, 1.807) is 12.2 Å². The minimum absolute atomic E-state index is 0.00698. The second-order valence-corrected chi connectivity index (χ2v) is 12.1. The topological polar surface area (TPSA) is 116 Å². The van der Waals surface area contributed by atoms with E-state index in [1.165, 1.54) is 0 Å². The molecule has 0 bridgehead atoms. The first-order chi connectivity index (χ1) is 16.5. The Labute approximate surface area is 207 Å². The quantitative estimate of drug-likeness (QED) is 0.556. The molecule has 5 aliphatic rings. The number of nitrogens with two attached hydrogens (primary N) is 1. The lowest BCUT2D eigenvalue weighted by molar-refractivity contribution is -0.295. The average Bonchev–Trinajstić information content (AvgIpc) is 2.98. The first kappa shape index (κ1) is 24.8. The summed E-state index contributed by atoms with van der Waals surface area (Å²) in [7, 11) is 0. The third-order valence-electron chi connectivity index (χ3n) is 10.6. The fraction of sp³-hybridized carbons (Fsp3) is 0.750. The maximum atomic E-state index is 13.7. The van der Waals surface area contributed by atoms with Crippen LogP contribution >= 0.6 is 0 Å². The molecule has 1 aliphatic heterocycles. The fourth-order valence-corrected chi connectivity index (χ4v) is 8.59. The number of ether oxygens (including phenoxy) is 2. The Morgan fingerprint density at radius 3 is 2.77 bits per heavy atom. The fourth-order valence-electron chi connectivity index (χ4n) is 8.59. The molecule has 0 aromatic rings. The number of allylic oxidation sites excluding steroid dienone is 4. The molecule has 4 fully saturated rings. The van der Waals surface area contributed by atoms with Crippen molar-refractivity contribution < 1.29 is 29.0 Å².